The molecule has 0 saturated heterocycles. The fourth-order valence-corrected chi connectivity index (χ4v) is 3.88. The maximum atomic E-state index is 12.2. The Morgan fingerprint density at radius 3 is 2.43 bits per heavy atom. The predicted octanol–water partition coefficient (Wildman–Crippen LogP) is 2.65. The summed E-state index contributed by atoms with van der Waals surface area (Å²) in [6, 6.07) is 7.11. The molecule has 2 rings (SSSR count). The van der Waals surface area contributed by atoms with Crippen LogP contribution in [0.2, 0.25) is 0 Å². The maximum absolute atomic E-state index is 12.2. The standard InChI is InChI=1S/C16H26N2O2S/c1-2-17-13-15-7-9-16(10-8-15)21(19,20)18-12-11-14-5-3-4-6-14/h7-10,14,17-18H,2-6,11-13H2,1H3. The van der Waals surface area contributed by atoms with E-state index in [-0.39, 0.29) is 0 Å². The van der Waals surface area contributed by atoms with Crippen molar-refractivity contribution in [2.75, 3.05) is 13.1 Å². The number of benzene rings is 1. The van der Waals surface area contributed by atoms with Crippen LogP contribution in [-0.4, -0.2) is 21.5 Å². The molecule has 0 radical (unpaired) electrons. The lowest BCUT2D eigenvalue weighted by molar-refractivity contribution is 0.495. The van der Waals surface area contributed by atoms with Crippen LogP contribution in [0, 0.1) is 5.92 Å². The Bertz CT molecular complexity index is 520. The summed E-state index contributed by atoms with van der Waals surface area (Å²) < 4.78 is 27.1. The maximum Gasteiger partial charge on any atom is 0.240 e. The van der Waals surface area contributed by atoms with E-state index in [9.17, 15) is 8.42 Å². The Morgan fingerprint density at radius 2 is 1.81 bits per heavy atom. The van der Waals surface area contributed by atoms with Gasteiger partial charge in [0.1, 0.15) is 0 Å². The molecule has 4 nitrogen and oxygen atoms in total. The summed E-state index contributed by atoms with van der Waals surface area (Å²) in [4.78, 5) is 0.356. The Hall–Kier alpha value is -0.910. The molecule has 0 aliphatic heterocycles. The predicted molar refractivity (Wildman–Crippen MR) is 85.6 cm³/mol. The molecule has 0 unspecified atom stereocenters. The smallest absolute Gasteiger partial charge is 0.240 e. The number of sulfonamides is 1. The van der Waals surface area contributed by atoms with Crippen molar-refractivity contribution in [2.24, 2.45) is 5.92 Å². The topological polar surface area (TPSA) is 58.2 Å². The second-order valence-electron chi connectivity index (χ2n) is 5.76. The van der Waals surface area contributed by atoms with Gasteiger partial charge >= 0.3 is 0 Å². The highest BCUT2D eigenvalue weighted by Gasteiger charge is 2.17. The first kappa shape index (κ1) is 16.5. The fraction of sp³-hybridized carbons (Fsp3) is 0.625. The Morgan fingerprint density at radius 1 is 1.14 bits per heavy atom. The summed E-state index contributed by atoms with van der Waals surface area (Å²) in [5.74, 6) is 0.704. The van der Waals surface area contributed by atoms with Gasteiger partial charge in [0.2, 0.25) is 10.0 Å². The van der Waals surface area contributed by atoms with Gasteiger partial charge in [-0.05, 0) is 36.6 Å². The van der Waals surface area contributed by atoms with Gasteiger partial charge in [-0.15, -0.1) is 0 Å². The van der Waals surface area contributed by atoms with Gasteiger partial charge in [-0.3, -0.25) is 0 Å². The molecule has 1 aromatic carbocycles. The second-order valence-corrected chi connectivity index (χ2v) is 7.53. The summed E-state index contributed by atoms with van der Waals surface area (Å²) in [5, 5.41) is 3.22. The van der Waals surface area contributed by atoms with Crippen LogP contribution in [0.25, 0.3) is 0 Å². The monoisotopic (exact) mass is 310 g/mol. The number of nitrogens with one attached hydrogen (secondary N) is 2. The Kier molecular flexibility index (Phi) is 6.21. The van der Waals surface area contributed by atoms with Gasteiger partial charge in [-0.1, -0.05) is 44.7 Å². The van der Waals surface area contributed by atoms with Gasteiger partial charge < -0.3 is 5.32 Å². The van der Waals surface area contributed by atoms with E-state index in [1.807, 2.05) is 19.1 Å². The van der Waals surface area contributed by atoms with Crippen molar-refractivity contribution in [2.45, 2.75) is 50.5 Å². The first-order chi connectivity index (χ1) is 10.1. The van der Waals surface area contributed by atoms with E-state index in [1.165, 1.54) is 25.7 Å². The molecule has 1 aromatic rings. The fourth-order valence-electron chi connectivity index (χ4n) is 2.84. The van der Waals surface area contributed by atoms with E-state index in [1.54, 1.807) is 12.1 Å². The normalized spacial score (nSPS) is 16.4. The van der Waals surface area contributed by atoms with Gasteiger partial charge in [0.05, 0.1) is 4.90 Å². The molecule has 5 heteroatoms. The van der Waals surface area contributed by atoms with Crippen LogP contribution in [0.5, 0.6) is 0 Å². The molecule has 21 heavy (non-hydrogen) atoms. The van der Waals surface area contributed by atoms with Crippen LogP contribution in [0.4, 0.5) is 0 Å². The average molecular weight is 310 g/mol. The average Bonchev–Trinajstić information content (AvgIpc) is 2.98. The summed E-state index contributed by atoms with van der Waals surface area (Å²) in [7, 11) is -3.36. The zero-order chi connectivity index (χ0) is 15.1. The molecule has 0 heterocycles. The zero-order valence-corrected chi connectivity index (χ0v) is 13.6. The minimum Gasteiger partial charge on any atom is -0.313 e. The van der Waals surface area contributed by atoms with Crippen molar-refractivity contribution in [3.63, 3.8) is 0 Å². The molecule has 0 spiro atoms. The quantitative estimate of drug-likeness (QED) is 0.776. The SMILES string of the molecule is CCNCc1ccc(S(=O)(=O)NCCC2CCCC2)cc1. The van der Waals surface area contributed by atoms with E-state index in [0.717, 1.165) is 25.1 Å². The number of rotatable bonds is 8. The molecule has 1 fully saturated rings. The third-order valence-corrected chi connectivity index (χ3v) is 5.61. The third-order valence-electron chi connectivity index (χ3n) is 4.13. The third kappa shape index (κ3) is 5.09. The highest BCUT2D eigenvalue weighted by Crippen LogP contribution is 2.27. The van der Waals surface area contributed by atoms with Gasteiger partial charge in [0, 0.05) is 13.1 Å². The van der Waals surface area contributed by atoms with Crippen molar-refractivity contribution in [1.29, 1.82) is 0 Å². The molecule has 0 bridgehead atoms. The van der Waals surface area contributed by atoms with Crippen LogP contribution in [0.3, 0.4) is 0 Å². The van der Waals surface area contributed by atoms with Crippen molar-refractivity contribution in [3.8, 4) is 0 Å². The summed E-state index contributed by atoms with van der Waals surface area (Å²) in [6.45, 7) is 4.27. The first-order valence-electron chi connectivity index (χ1n) is 7.91. The van der Waals surface area contributed by atoms with Crippen LogP contribution in [0.1, 0.15) is 44.6 Å². The molecule has 1 saturated carbocycles. The molecule has 2 N–H and O–H groups in total. The van der Waals surface area contributed by atoms with E-state index in [2.05, 4.69) is 10.0 Å². The Balaban J connectivity index is 1.85. The van der Waals surface area contributed by atoms with E-state index >= 15 is 0 Å². The van der Waals surface area contributed by atoms with Crippen LogP contribution in [0.15, 0.2) is 29.2 Å². The van der Waals surface area contributed by atoms with Gasteiger partial charge in [-0.25, -0.2) is 13.1 Å². The first-order valence-corrected chi connectivity index (χ1v) is 9.39. The van der Waals surface area contributed by atoms with Crippen LogP contribution >= 0.6 is 0 Å². The molecule has 118 valence electrons. The second kappa shape index (κ2) is 7.92. The van der Waals surface area contributed by atoms with Crippen molar-refractivity contribution >= 4 is 10.0 Å². The lowest BCUT2D eigenvalue weighted by Gasteiger charge is -2.11. The highest BCUT2D eigenvalue weighted by atomic mass is 32.2. The van der Waals surface area contributed by atoms with E-state index < -0.39 is 10.0 Å². The zero-order valence-electron chi connectivity index (χ0n) is 12.8. The molecule has 1 aliphatic carbocycles. The van der Waals surface area contributed by atoms with Gasteiger partial charge in [-0.2, -0.15) is 0 Å². The summed E-state index contributed by atoms with van der Waals surface area (Å²) in [5.41, 5.74) is 1.10. The summed E-state index contributed by atoms with van der Waals surface area (Å²) >= 11 is 0. The van der Waals surface area contributed by atoms with E-state index in [4.69, 9.17) is 0 Å². The number of hydrogen-bond acceptors (Lipinski definition) is 3. The molecule has 0 atom stereocenters. The summed E-state index contributed by atoms with van der Waals surface area (Å²) in [6.07, 6.45) is 6.05. The minimum absolute atomic E-state index is 0.356. The minimum atomic E-state index is -3.36. The molecular weight excluding hydrogens is 284 g/mol. The lowest BCUT2D eigenvalue weighted by atomic mass is 10.1. The largest absolute Gasteiger partial charge is 0.313 e. The van der Waals surface area contributed by atoms with Crippen molar-refractivity contribution in [1.82, 2.24) is 10.0 Å². The number of hydrogen-bond donors (Lipinski definition) is 2. The van der Waals surface area contributed by atoms with Gasteiger partial charge in [0.25, 0.3) is 0 Å². The van der Waals surface area contributed by atoms with Crippen molar-refractivity contribution < 1.29 is 8.42 Å². The van der Waals surface area contributed by atoms with E-state index in [0.29, 0.717) is 17.4 Å². The molecule has 0 amide bonds. The van der Waals surface area contributed by atoms with Crippen molar-refractivity contribution in [3.05, 3.63) is 29.8 Å². The molecule has 1 aliphatic rings. The van der Waals surface area contributed by atoms with Crippen LogP contribution in [-0.2, 0) is 16.6 Å². The van der Waals surface area contributed by atoms with Gasteiger partial charge in [0.15, 0.2) is 0 Å². The lowest BCUT2D eigenvalue weighted by Crippen LogP contribution is -2.26. The molecule has 0 aromatic heterocycles. The Labute approximate surface area is 128 Å². The van der Waals surface area contributed by atoms with Crippen LogP contribution < -0.4 is 10.0 Å². The molecular formula is C16H26N2O2S. The highest BCUT2D eigenvalue weighted by molar-refractivity contribution is 7.89.